The summed E-state index contributed by atoms with van der Waals surface area (Å²) in [6.45, 7) is 2.69. The van der Waals surface area contributed by atoms with Crippen LogP contribution in [0.25, 0.3) is 0 Å². The highest BCUT2D eigenvalue weighted by Gasteiger charge is 2.36. The van der Waals surface area contributed by atoms with E-state index >= 15 is 0 Å². The summed E-state index contributed by atoms with van der Waals surface area (Å²) in [7, 11) is 0. The largest absolute Gasteiger partial charge is 0.326 e. The fourth-order valence-corrected chi connectivity index (χ4v) is 3.83. The van der Waals surface area contributed by atoms with Gasteiger partial charge in [-0.1, -0.05) is 42.5 Å². The quantitative estimate of drug-likeness (QED) is 0.836. The highest BCUT2D eigenvalue weighted by atomic mass is 35.5. The Kier molecular flexibility index (Phi) is 5.41. The van der Waals surface area contributed by atoms with Crippen LogP contribution in [-0.4, -0.2) is 53.8 Å². The van der Waals surface area contributed by atoms with E-state index < -0.39 is 0 Å². The minimum Gasteiger partial charge on any atom is -0.326 e. The Hall–Kier alpha value is -2.21. The average Bonchev–Trinajstić information content (AvgIpc) is 3.13. The molecule has 1 fully saturated rings. The Labute approximate surface area is 159 Å². The van der Waals surface area contributed by atoms with Gasteiger partial charge in [-0.3, -0.25) is 19.4 Å². The monoisotopic (exact) mass is 371 g/mol. The number of fused-ring (bicyclic) bond motifs is 1. The molecule has 4 rings (SSSR count). The molecule has 2 N–H and O–H groups in total. The summed E-state index contributed by atoms with van der Waals surface area (Å²) in [5, 5.41) is 0. The van der Waals surface area contributed by atoms with E-state index in [1.165, 1.54) is 10.5 Å². The molecule has 0 spiro atoms. The molecular formula is C20H22ClN3O2. The van der Waals surface area contributed by atoms with Crippen molar-refractivity contribution in [2.75, 3.05) is 26.2 Å². The van der Waals surface area contributed by atoms with Crippen LogP contribution in [0.3, 0.4) is 0 Å². The summed E-state index contributed by atoms with van der Waals surface area (Å²) in [6.07, 6.45) is 0. The summed E-state index contributed by atoms with van der Waals surface area (Å²) in [6, 6.07) is 17.4. The van der Waals surface area contributed by atoms with Gasteiger partial charge in [0, 0.05) is 38.1 Å². The van der Waals surface area contributed by atoms with Gasteiger partial charge in [-0.05, 0) is 17.7 Å². The van der Waals surface area contributed by atoms with Crippen molar-refractivity contribution in [2.24, 2.45) is 5.73 Å². The molecule has 2 aromatic carbocycles. The Balaban J connectivity index is 0.00000196. The number of nitrogens with two attached hydrogens (primary N) is 1. The smallest absolute Gasteiger partial charge is 0.261 e. The third-order valence-corrected chi connectivity index (χ3v) is 5.19. The number of hydrogen-bond acceptors (Lipinski definition) is 4. The lowest BCUT2D eigenvalue weighted by Gasteiger charge is -2.20. The molecule has 2 aliphatic rings. The van der Waals surface area contributed by atoms with Crippen LogP contribution in [-0.2, 0) is 0 Å². The molecule has 1 saturated heterocycles. The lowest BCUT2D eigenvalue weighted by molar-refractivity contribution is 0.0640. The second-order valence-corrected chi connectivity index (χ2v) is 6.75. The van der Waals surface area contributed by atoms with Crippen molar-refractivity contribution in [3.63, 3.8) is 0 Å². The van der Waals surface area contributed by atoms with E-state index in [4.69, 9.17) is 5.73 Å². The van der Waals surface area contributed by atoms with Crippen LogP contribution in [0, 0.1) is 0 Å². The van der Waals surface area contributed by atoms with Gasteiger partial charge >= 0.3 is 0 Å². The van der Waals surface area contributed by atoms with Crippen LogP contribution in [0.2, 0.25) is 0 Å². The predicted molar refractivity (Wildman–Crippen MR) is 103 cm³/mol. The zero-order chi connectivity index (χ0) is 17.4. The maximum absolute atomic E-state index is 12.4. The second kappa shape index (κ2) is 7.58. The molecule has 0 bridgehead atoms. The number of hydrogen-bond donors (Lipinski definition) is 1. The van der Waals surface area contributed by atoms with Crippen molar-refractivity contribution in [1.29, 1.82) is 0 Å². The van der Waals surface area contributed by atoms with E-state index in [1.54, 1.807) is 24.3 Å². The molecule has 2 aliphatic heterocycles. The van der Waals surface area contributed by atoms with Gasteiger partial charge in [0.15, 0.2) is 0 Å². The Morgan fingerprint density at radius 2 is 1.42 bits per heavy atom. The zero-order valence-electron chi connectivity index (χ0n) is 14.4. The SMILES string of the molecule is Cl.N[C@@H]1CN(CCN2C(=O)c3ccccc3C2=O)C[C@H]1c1ccccc1. The van der Waals surface area contributed by atoms with Crippen LogP contribution in [0.4, 0.5) is 0 Å². The van der Waals surface area contributed by atoms with E-state index in [0.29, 0.717) is 30.1 Å². The number of benzene rings is 2. The maximum atomic E-state index is 12.4. The highest BCUT2D eigenvalue weighted by Crippen LogP contribution is 2.27. The summed E-state index contributed by atoms with van der Waals surface area (Å²) >= 11 is 0. The van der Waals surface area contributed by atoms with Crippen molar-refractivity contribution < 1.29 is 9.59 Å². The molecule has 2 atom stereocenters. The molecule has 26 heavy (non-hydrogen) atoms. The number of halogens is 1. The Morgan fingerprint density at radius 1 is 0.846 bits per heavy atom. The van der Waals surface area contributed by atoms with Gasteiger partial charge in [0.1, 0.15) is 0 Å². The molecule has 2 aromatic rings. The van der Waals surface area contributed by atoms with Crippen molar-refractivity contribution in [3.8, 4) is 0 Å². The number of carbonyl (C=O) groups is 2. The van der Waals surface area contributed by atoms with Crippen molar-refractivity contribution in [3.05, 3.63) is 71.3 Å². The lowest BCUT2D eigenvalue weighted by atomic mass is 9.95. The predicted octanol–water partition coefficient (Wildman–Crippen LogP) is 2.13. The first-order chi connectivity index (χ1) is 12.1. The standard InChI is InChI=1S/C20H21N3O2.ClH/c21-18-13-22(12-17(18)14-6-2-1-3-7-14)10-11-23-19(24)15-8-4-5-9-16(15)20(23)25;/h1-9,17-18H,10-13,21H2;1H/t17-,18+;/m0./s1. The lowest BCUT2D eigenvalue weighted by Crippen LogP contribution is -2.38. The number of carbonyl (C=O) groups excluding carboxylic acids is 2. The van der Waals surface area contributed by atoms with Gasteiger partial charge in [-0.15, -0.1) is 12.4 Å². The third-order valence-electron chi connectivity index (χ3n) is 5.19. The normalized spacial score (nSPS) is 22.4. The Bertz CT molecular complexity index is 777. The minimum atomic E-state index is -0.191. The van der Waals surface area contributed by atoms with Crippen LogP contribution < -0.4 is 5.73 Å². The number of likely N-dealkylation sites (tertiary alicyclic amines) is 1. The second-order valence-electron chi connectivity index (χ2n) is 6.75. The van der Waals surface area contributed by atoms with Gasteiger partial charge in [-0.25, -0.2) is 0 Å². The first-order valence-corrected chi connectivity index (χ1v) is 8.63. The highest BCUT2D eigenvalue weighted by molar-refractivity contribution is 6.21. The summed E-state index contributed by atoms with van der Waals surface area (Å²) in [5.74, 6) is -0.0872. The Morgan fingerprint density at radius 3 is 2.04 bits per heavy atom. The van der Waals surface area contributed by atoms with E-state index in [1.807, 2.05) is 18.2 Å². The third kappa shape index (κ3) is 3.26. The van der Waals surface area contributed by atoms with Crippen LogP contribution in [0.15, 0.2) is 54.6 Å². The van der Waals surface area contributed by atoms with Crippen LogP contribution in [0.1, 0.15) is 32.2 Å². The number of nitrogens with zero attached hydrogens (tertiary/aromatic N) is 2. The summed E-state index contributed by atoms with van der Waals surface area (Å²) in [4.78, 5) is 28.4. The molecular weight excluding hydrogens is 350 g/mol. The molecule has 0 saturated carbocycles. The van der Waals surface area contributed by atoms with Crippen molar-refractivity contribution >= 4 is 24.2 Å². The van der Waals surface area contributed by atoms with Gasteiger partial charge in [0.2, 0.25) is 0 Å². The summed E-state index contributed by atoms with van der Waals surface area (Å²) < 4.78 is 0. The molecule has 6 heteroatoms. The van der Waals surface area contributed by atoms with Crippen molar-refractivity contribution in [1.82, 2.24) is 9.80 Å². The maximum Gasteiger partial charge on any atom is 0.261 e. The molecule has 2 heterocycles. The molecule has 0 radical (unpaired) electrons. The number of rotatable bonds is 4. The average molecular weight is 372 g/mol. The molecule has 2 amide bonds. The van der Waals surface area contributed by atoms with Crippen LogP contribution >= 0.6 is 12.4 Å². The van der Waals surface area contributed by atoms with Gasteiger partial charge in [-0.2, -0.15) is 0 Å². The molecule has 5 nitrogen and oxygen atoms in total. The summed E-state index contributed by atoms with van der Waals surface area (Å²) in [5.41, 5.74) is 8.58. The fraction of sp³-hybridized carbons (Fsp3) is 0.300. The fourth-order valence-electron chi connectivity index (χ4n) is 3.83. The first-order valence-electron chi connectivity index (χ1n) is 8.63. The molecule has 0 unspecified atom stereocenters. The van der Waals surface area contributed by atoms with Gasteiger partial charge in [0.05, 0.1) is 11.1 Å². The topological polar surface area (TPSA) is 66.6 Å². The molecule has 0 aromatic heterocycles. The molecule has 0 aliphatic carbocycles. The minimum absolute atomic E-state index is 0. The van der Waals surface area contributed by atoms with E-state index in [0.717, 1.165) is 13.1 Å². The van der Waals surface area contributed by atoms with E-state index in [-0.39, 0.29) is 30.3 Å². The zero-order valence-corrected chi connectivity index (χ0v) is 15.2. The van der Waals surface area contributed by atoms with Crippen molar-refractivity contribution in [2.45, 2.75) is 12.0 Å². The van der Waals surface area contributed by atoms with Gasteiger partial charge in [0.25, 0.3) is 11.8 Å². The number of amides is 2. The van der Waals surface area contributed by atoms with E-state index in [9.17, 15) is 9.59 Å². The molecule has 136 valence electrons. The van der Waals surface area contributed by atoms with Crippen LogP contribution in [0.5, 0.6) is 0 Å². The number of imide groups is 1. The van der Waals surface area contributed by atoms with Gasteiger partial charge < -0.3 is 5.73 Å². The van der Waals surface area contributed by atoms with E-state index in [2.05, 4.69) is 17.0 Å². The first kappa shape index (κ1) is 18.6.